The summed E-state index contributed by atoms with van der Waals surface area (Å²) in [5.41, 5.74) is 3.49. The fourth-order valence-electron chi connectivity index (χ4n) is 6.77. The molecule has 0 aromatic heterocycles. The minimum Gasteiger partial charge on any atom is -0.494 e. The summed E-state index contributed by atoms with van der Waals surface area (Å²) in [5.74, 6) is 0.425. The smallest absolute Gasteiger partial charge is 0.343 e. The summed E-state index contributed by atoms with van der Waals surface area (Å²) in [6.07, 6.45) is 20.7. The summed E-state index contributed by atoms with van der Waals surface area (Å²) in [4.78, 5) is 26.1. The lowest BCUT2D eigenvalue weighted by Gasteiger charge is -2.20. The van der Waals surface area contributed by atoms with Crippen LogP contribution in [0, 0.1) is 0 Å². The molecular formula is C48H64O5. The van der Waals surface area contributed by atoms with Gasteiger partial charge in [0.25, 0.3) is 0 Å². The Kier molecular flexibility index (Phi) is 18.5. The van der Waals surface area contributed by atoms with Gasteiger partial charge < -0.3 is 14.2 Å². The van der Waals surface area contributed by atoms with Gasteiger partial charge in [0, 0.05) is 0 Å². The zero-order chi connectivity index (χ0) is 37.7. The Labute approximate surface area is 319 Å². The van der Waals surface area contributed by atoms with Crippen molar-refractivity contribution in [2.75, 3.05) is 6.61 Å². The number of esters is 2. The first-order valence-corrected chi connectivity index (χ1v) is 20.7. The van der Waals surface area contributed by atoms with Crippen molar-refractivity contribution in [3.63, 3.8) is 0 Å². The van der Waals surface area contributed by atoms with Gasteiger partial charge in [-0.15, -0.1) is 0 Å². The van der Waals surface area contributed by atoms with Gasteiger partial charge in [-0.1, -0.05) is 159 Å². The van der Waals surface area contributed by atoms with Gasteiger partial charge in [-0.3, -0.25) is 4.79 Å². The minimum absolute atomic E-state index is 0.0148. The van der Waals surface area contributed by atoms with Crippen LogP contribution in [0.1, 0.15) is 159 Å². The molecule has 0 spiro atoms. The normalized spacial score (nSPS) is 11.9. The minimum atomic E-state index is -0.407. The highest BCUT2D eigenvalue weighted by Gasteiger charge is 2.21. The Morgan fingerprint density at radius 3 is 1.66 bits per heavy atom. The van der Waals surface area contributed by atoms with E-state index >= 15 is 0 Å². The second-order valence-corrected chi connectivity index (χ2v) is 14.7. The molecule has 0 aliphatic carbocycles. The van der Waals surface area contributed by atoms with Gasteiger partial charge in [0.2, 0.25) is 0 Å². The molecule has 4 aromatic rings. The third-order valence-corrected chi connectivity index (χ3v) is 10.3. The van der Waals surface area contributed by atoms with E-state index < -0.39 is 5.97 Å². The number of hydrogen-bond acceptors (Lipinski definition) is 5. The van der Waals surface area contributed by atoms with Crippen LogP contribution in [0.2, 0.25) is 0 Å². The molecule has 0 unspecified atom stereocenters. The maximum atomic E-state index is 13.1. The fourth-order valence-corrected chi connectivity index (χ4v) is 6.77. The Bertz CT molecular complexity index is 1630. The van der Waals surface area contributed by atoms with E-state index in [2.05, 4.69) is 32.9 Å². The van der Waals surface area contributed by atoms with Crippen molar-refractivity contribution < 1.29 is 23.8 Å². The van der Waals surface area contributed by atoms with E-state index in [0.717, 1.165) is 84.8 Å². The first kappa shape index (κ1) is 41.6. The van der Waals surface area contributed by atoms with Gasteiger partial charge in [-0.05, 0) is 90.0 Å². The third kappa shape index (κ3) is 14.3. The average Bonchev–Trinajstić information content (AvgIpc) is 3.19. The number of carbonyl (C=O) groups is 2. The van der Waals surface area contributed by atoms with Crippen molar-refractivity contribution in [3.05, 3.63) is 96.1 Å². The van der Waals surface area contributed by atoms with Crippen LogP contribution in [0.15, 0.2) is 84.9 Å². The Balaban J connectivity index is 1.21. The van der Waals surface area contributed by atoms with Crippen LogP contribution in [-0.4, -0.2) is 24.6 Å². The van der Waals surface area contributed by atoms with Crippen molar-refractivity contribution >= 4 is 22.7 Å². The van der Waals surface area contributed by atoms with Gasteiger partial charge in [0.1, 0.15) is 17.6 Å². The first-order chi connectivity index (χ1) is 25.9. The van der Waals surface area contributed by atoms with Crippen LogP contribution >= 0.6 is 0 Å². The third-order valence-electron chi connectivity index (χ3n) is 10.3. The molecule has 0 saturated heterocycles. The summed E-state index contributed by atoms with van der Waals surface area (Å²) >= 11 is 0. The average molecular weight is 721 g/mol. The number of benzene rings is 4. The molecule has 286 valence electrons. The van der Waals surface area contributed by atoms with E-state index in [4.69, 9.17) is 14.2 Å². The molecule has 0 N–H and O–H groups in total. The molecule has 0 saturated carbocycles. The molecule has 0 aliphatic heterocycles. The molecule has 5 heteroatoms. The number of rotatable bonds is 25. The number of unbranched alkanes of at least 4 members (excludes halogenated alkanes) is 12. The molecule has 0 radical (unpaired) electrons. The lowest BCUT2D eigenvalue weighted by atomic mass is 9.97. The van der Waals surface area contributed by atoms with Gasteiger partial charge in [-0.2, -0.15) is 0 Å². The predicted molar refractivity (Wildman–Crippen MR) is 220 cm³/mol. The van der Waals surface area contributed by atoms with E-state index in [9.17, 15) is 9.59 Å². The maximum absolute atomic E-state index is 13.1. The Morgan fingerprint density at radius 2 is 1.06 bits per heavy atom. The van der Waals surface area contributed by atoms with Crippen LogP contribution in [0.5, 0.6) is 11.5 Å². The highest BCUT2D eigenvalue weighted by atomic mass is 16.5. The summed E-state index contributed by atoms with van der Waals surface area (Å²) in [5, 5.41) is 1.91. The second-order valence-electron chi connectivity index (χ2n) is 14.7. The number of carbonyl (C=O) groups excluding carboxylic acids is 2. The van der Waals surface area contributed by atoms with E-state index in [1.54, 1.807) is 18.2 Å². The van der Waals surface area contributed by atoms with Crippen LogP contribution in [0.4, 0.5) is 0 Å². The standard InChI is InChI=1S/C48H64O5/c1-5-8-11-12-13-14-15-16-17-18-19-34-51-44-31-28-39(29-32-44)38-22-24-40(25-23-38)48(50)53-46-33-30-42-35-41(26-27-43(42)36-46)37(4)47(49)52-45(20-9-6-2)21-10-7-3/h22-33,35-37,45H,5-21,34H2,1-4H3/t37-/m0/s1. The van der Waals surface area contributed by atoms with Gasteiger partial charge in [-0.25, -0.2) is 4.79 Å². The van der Waals surface area contributed by atoms with E-state index in [1.165, 1.54) is 64.2 Å². The molecule has 1 atom stereocenters. The summed E-state index contributed by atoms with van der Waals surface area (Å²) in [6, 6.07) is 27.2. The topological polar surface area (TPSA) is 61.8 Å². The van der Waals surface area contributed by atoms with Crippen LogP contribution in [0.25, 0.3) is 21.9 Å². The Morgan fingerprint density at radius 1 is 0.547 bits per heavy atom. The van der Waals surface area contributed by atoms with E-state index in [1.807, 2.05) is 61.5 Å². The van der Waals surface area contributed by atoms with Crippen LogP contribution < -0.4 is 9.47 Å². The highest BCUT2D eigenvalue weighted by Crippen LogP contribution is 2.28. The monoisotopic (exact) mass is 720 g/mol. The summed E-state index contributed by atoms with van der Waals surface area (Å²) in [7, 11) is 0. The molecule has 5 nitrogen and oxygen atoms in total. The molecule has 0 fully saturated rings. The SMILES string of the molecule is CCCCCCCCCCCCCOc1ccc(-c2ccc(C(=O)Oc3ccc4cc([C@H](C)C(=O)OC(CCCC)CCCC)ccc4c3)cc2)cc1. The summed E-state index contributed by atoms with van der Waals surface area (Å²) in [6.45, 7) is 9.26. The van der Waals surface area contributed by atoms with Gasteiger partial charge in [0.05, 0.1) is 18.1 Å². The Hall–Kier alpha value is -4.12. The lowest BCUT2D eigenvalue weighted by Crippen LogP contribution is -2.22. The predicted octanol–water partition coefficient (Wildman–Crippen LogP) is 13.8. The quantitative estimate of drug-likeness (QED) is 0.0387. The second kappa shape index (κ2) is 23.5. The fraction of sp³-hybridized carbons (Fsp3) is 0.500. The van der Waals surface area contributed by atoms with Crippen molar-refractivity contribution in [2.45, 2.75) is 149 Å². The van der Waals surface area contributed by atoms with Crippen molar-refractivity contribution in [1.29, 1.82) is 0 Å². The van der Waals surface area contributed by atoms with Crippen molar-refractivity contribution in [1.82, 2.24) is 0 Å². The highest BCUT2D eigenvalue weighted by molar-refractivity contribution is 5.93. The molecule has 4 aromatic carbocycles. The lowest BCUT2D eigenvalue weighted by molar-refractivity contribution is -0.151. The van der Waals surface area contributed by atoms with Crippen LogP contribution in [0.3, 0.4) is 0 Å². The molecule has 0 heterocycles. The molecule has 53 heavy (non-hydrogen) atoms. The molecule has 4 rings (SSSR count). The summed E-state index contributed by atoms with van der Waals surface area (Å²) < 4.78 is 17.7. The number of hydrogen-bond donors (Lipinski definition) is 0. The van der Waals surface area contributed by atoms with E-state index in [-0.39, 0.29) is 18.0 Å². The molecular weight excluding hydrogens is 657 g/mol. The van der Waals surface area contributed by atoms with Crippen LogP contribution in [-0.2, 0) is 9.53 Å². The van der Waals surface area contributed by atoms with E-state index in [0.29, 0.717) is 11.3 Å². The van der Waals surface area contributed by atoms with Gasteiger partial charge in [0.15, 0.2) is 0 Å². The molecule has 0 bridgehead atoms. The molecule has 0 aliphatic rings. The zero-order valence-electron chi connectivity index (χ0n) is 33.0. The van der Waals surface area contributed by atoms with Crippen molar-refractivity contribution in [3.8, 4) is 22.6 Å². The maximum Gasteiger partial charge on any atom is 0.343 e. The van der Waals surface area contributed by atoms with Gasteiger partial charge >= 0.3 is 11.9 Å². The molecule has 0 amide bonds. The number of ether oxygens (including phenoxy) is 3. The van der Waals surface area contributed by atoms with Crippen molar-refractivity contribution in [2.24, 2.45) is 0 Å². The largest absolute Gasteiger partial charge is 0.494 e. The zero-order valence-corrected chi connectivity index (χ0v) is 33.0. The number of fused-ring (bicyclic) bond motifs is 1. The first-order valence-electron chi connectivity index (χ1n) is 20.7.